The van der Waals surface area contributed by atoms with Crippen LogP contribution in [0.25, 0.3) is 0 Å². The van der Waals surface area contributed by atoms with Gasteiger partial charge in [-0.2, -0.15) is 8.78 Å². The van der Waals surface area contributed by atoms with Gasteiger partial charge < -0.3 is 0 Å². The molecule has 3 atom stereocenters. The minimum atomic E-state index is -4.85. The second-order valence-electron chi connectivity index (χ2n) is 5.81. The maximum atomic E-state index is 13.4. The van der Waals surface area contributed by atoms with Gasteiger partial charge in [0.1, 0.15) is 13.2 Å². The minimum Gasteiger partial charge on any atom is -0.290 e. The Bertz CT molecular complexity index is 428. The summed E-state index contributed by atoms with van der Waals surface area (Å²) in [6.45, 7) is 2.01. The molecule has 13 heteroatoms. The SMILES string of the molecule is CC(C)N(C(C)C)P(=O)(OCC(F)(F)C(F)F)OCC(F)(F)C(F)P. The van der Waals surface area contributed by atoms with Crippen LogP contribution in [-0.2, 0) is 13.6 Å². The average Bonchev–Trinajstić information content (AvgIpc) is 2.42. The largest absolute Gasteiger partial charge is 0.409 e. The molecule has 0 bridgehead atoms. The number of alkyl halides is 7. The Hall–Kier alpha value is 0.0500. The zero-order valence-electron chi connectivity index (χ0n) is 14.1. The Balaban J connectivity index is 5.54. The zero-order valence-corrected chi connectivity index (χ0v) is 16.1. The Morgan fingerprint density at radius 2 is 1.28 bits per heavy atom. The van der Waals surface area contributed by atoms with Gasteiger partial charge in [-0.15, -0.1) is 0 Å². The average molecular weight is 423 g/mol. The Morgan fingerprint density at radius 1 is 0.920 bits per heavy atom. The van der Waals surface area contributed by atoms with E-state index >= 15 is 0 Å². The lowest BCUT2D eigenvalue weighted by Gasteiger charge is -2.37. The lowest BCUT2D eigenvalue weighted by atomic mass is 10.3. The van der Waals surface area contributed by atoms with E-state index in [-0.39, 0.29) is 0 Å². The smallest absolute Gasteiger partial charge is 0.290 e. The molecule has 4 nitrogen and oxygen atoms in total. The van der Waals surface area contributed by atoms with Gasteiger partial charge in [-0.25, -0.2) is 31.2 Å². The van der Waals surface area contributed by atoms with Gasteiger partial charge in [0, 0.05) is 12.1 Å². The fourth-order valence-electron chi connectivity index (χ4n) is 1.81. The molecule has 3 unspecified atom stereocenters. The molecule has 0 aromatic heterocycles. The number of halogens is 7. The monoisotopic (exact) mass is 423 g/mol. The topological polar surface area (TPSA) is 38.8 Å². The van der Waals surface area contributed by atoms with Crippen molar-refractivity contribution in [2.75, 3.05) is 13.2 Å². The lowest BCUT2D eigenvalue weighted by molar-refractivity contribution is -0.152. The van der Waals surface area contributed by atoms with Crippen molar-refractivity contribution < 1.29 is 44.3 Å². The molecule has 0 saturated heterocycles. The van der Waals surface area contributed by atoms with Gasteiger partial charge in [0.25, 0.3) is 0 Å². The van der Waals surface area contributed by atoms with Gasteiger partial charge in [0.05, 0.1) is 0 Å². The molecule has 0 N–H and O–H groups in total. The van der Waals surface area contributed by atoms with Crippen molar-refractivity contribution in [2.45, 2.75) is 64.0 Å². The highest BCUT2D eigenvalue weighted by atomic mass is 31.2. The summed E-state index contributed by atoms with van der Waals surface area (Å²) >= 11 is 0. The van der Waals surface area contributed by atoms with Gasteiger partial charge in [-0.1, -0.05) is 9.24 Å². The molecule has 0 fully saturated rings. The van der Waals surface area contributed by atoms with Crippen molar-refractivity contribution in [2.24, 2.45) is 0 Å². The van der Waals surface area contributed by atoms with Crippen LogP contribution in [0.4, 0.5) is 30.7 Å². The summed E-state index contributed by atoms with van der Waals surface area (Å²) in [6.07, 6.45) is -4.11. The van der Waals surface area contributed by atoms with Crippen LogP contribution in [0, 0.1) is 0 Å². The maximum Gasteiger partial charge on any atom is 0.409 e. The second-order valence-corrected chi connectivity index (χ2v) is 8.31. The van der Waals surface area contributed by atoms with Crippen LogP contribution >= 0.6 is 17.0 Å². The Morgan fingerprint density at radius 3 is 1.56 bits per heavy atom. The molecule has 0 aromatic carbocycles. The summed E-state index contributed by atoms with van der Waals surface area (Å²) in [5, 5.41) is 0. The van der Waals surface area contributed by atoms with Crippen LogP contribution in [0.15, 0.2) is 0 Å². The van der Waals surface area contributed by atoms with Crippen LogP contribution in [0.1, 0.15) is 27.7 Å². The van der Waals surface area contributed by atoms with Crippen molar-refractivity contribution >= 4 is 17.0 Å². The van der Waals surface area contributed by atoms with Crippen molar-refractivity contribution in [3.8, 4) is 0 Å². The minimum absolute atomic E-state index is 0.697. The van der Waals surface area contributed by atoms with Crippen LogP contribution in [0.5, 0.6) is 0 Å². The number of nitrogens with zero attached hydrogens (tertiary/aromatic N) is 1. The molecule has 0 radical (unpaired) electrons. The quantitative estimate of drug-likeness (QED) is 0.348. The molecule has 0 spiro atoms. The molecule has 0 aliphatic carbocycles. The third-order valence-corrected chi connectivity index (χ3v) is 5.79. The fourth-order valence-corrected chi connectivity index (χ4v) is 4.05. The molecule has 152 valence electrons. The highest BCUT2D eigenvalue weighted by Crippen LogP contribution is 2.56. The number of hydrogen-bond acceptors (Lipinski definition) is 3. The van der Waals surface area contributed by atoms with Gasteiger partial charge in [0.15, 0.2) is 5.91 Å². The summed E-state index contributed by atoms with van der Waals surface area (Å²) in [7, 11) is -3.67. The summed E-state index contributed by atoms with van der Waals surface area (Å²) in [4.78, 5) is 0. The number of hydrogen-bond donors (Lipinski definition) is 0. The summed E-state index contributed by atoms with van der Waals surface area (Å²) < 4.78 is 113. The van der Waals surface area contributed by atoms with E-state index in [0.29, 0.717) is 0 Å². The van der Waals surface area contributed by atoms with Gasteiger partial charge in [-0.05, 0) is 27.7 Å². The van der Waals surface area contributed by atoms with E-state index in [1.165, 1.54) is 36.9 Å². The second kappa shape index (κ2) is 9.31. The lowest BCUT2D eigenvalue weighted by Crippen LogP contribution is -2.40. The first-order valence-electron chi connectivity index (χ1n) is 7.18. The zero-order chi connectivity index (χ0) is 20.2. The van der Waals surface area contributed by atoms with E-state index in [9.17, 15) is 35.3 Å². The molecule has 0 rings (SSSR count). The van der Waals surface area contributed by atoms with Crippen LogP contribution in [0.2, 0.25) is 0 Å². The van der Waals surface area contributed by atoms with Crippen LogP contribution < -0.4 is 0 Å². The summed E-state index contributed by atoms with van der Waals surface area (Å²) in [6, 6.07) is -1.39. The summed E-state index contributed by atoms with van der Waals surface area (Å²) in [5.41, 5.74) is 0. The van der Waals surface area contributed by atoms with E-state index in [1.807, 2.05) is 0 Å². The molecule has 0 aromatic rings. The molecule has 0 aliphatic heterocycles. The molecule has 0 saturated carbocycles. The van der Waals surface area contributed by atoms with Crippen LogP contribution in [-0.4, -0.2) is 54.2 Å². The third kappa shape index (κ3) is 7.29. The Kier molecular flexibility index (Phi) is 9.33. The summed E-state index contributed by atoms with van der Waals surface area (Å²) in [5.74, 6) is -11.5. The predicted octanol–water partition coefficient (Wildman–Crippen LogP) is 4.95. The maximum absolute atomic E-state index is 13.4. The van der Waals surface area contributed by atoms with Crippen molar-refractivity contribution in [3.63, 3.8) is 0 Å². The fraction of sp³-hybridized carbons (Fsp3) is 1.00. The highest BCUT2D eigenvalue weighted by molar-refractivity contribution is 7.51. The van der Waals surface area contributed by atoms with E-state index < -0.39 is 57.2 Å². The molecular formula is C12H22F7NO3P2. The standard InChI is InChI=1S/C12H22F7NO3P2/c1-7(2)20(8(3)4)25(21,22-5-11(16,17)9(13)14)23-6-12(18,19)10(15)24/h7-10H,5-6,24H2,1-4H3. The number of rotatable bonds is 11. The van der Waals surface area contributed by atoms with E-state index in [1.54, 1.807) is 0 Å². The molecule has 25 heavy (non-hydrogen) atoms. The van der Waals surface area contributed by atoms with Crippen molar-refractivity contribution in [1.82, 2.24) is 4.67 Å². The first-order valence-corrected chi connectivity index (χ1v) is 9.34. The first kappa shape index (κ1) is 25.1. The van der Waals surface area contributed by atoms with Crippen LogP contribution in [0.3, 0.4) is 0 Å². The normalized spacial score (nSPS) is 17.6. The molecule has 0 aliphatic rings. The van der Waals surface area contributed by atoms with E-state index in [2.05, 4.69) is 9.05 Å². The van der Waals surface area contributed by atoms with Gasteiger partial charge in [-0.3, -0.25) is 9.05 Å². The molecular weight excluding hydrogens is 401 g/mol. The van der Waals surface area contributed by atoms with Gasteiger partial charge in [0.2, 0.25) is 0 Å². The predicted molar refractivity (Wildman–Crippen MR) is 82.1 cm³/mol. The third-order valence-electron chi connectivity index (χ3n) is 2.90. The van der Waals surface area contributed by atoms with Crippen molar-refractivity contribution in [3.05, 3.63) is 0 Å². The molecule has 0 amide bonds. The Labute approximate surface area is 144 Å². The molecule has 0 heterocycles. The van der Waals surface area contributed by atoms with E-state index in [4.69, 9.17) is 0 Å². The van der Waals surface area contributed by atoms with E-state index in [0.717, 1.165) is 4.67 Å². The highest BCUT2D eigenvalue weighted by Gasteiger charge is 2.48. The van der Waals surface area contributed by atoms with Gasteiger partial charge >= 0.3 is 26.0 Å². The van der Waals surface area contributed by atoms with Crippen molar-refractivity contribution in [1.29, 1.82) is 0 Å². The first-order chi connectivity index (χ1) is 11.1.